The molecule has 0 atom stereocenters. The van der Waals surface area contributed by atoms with Crippen molar-refractivity contribution in [1.29, 1.82) is 0 Å². The predicted molar refractivity (Wildman–Crippen MR) is 216 cm³/mol. The highest BCUT2D eigenvalue weighted by atomic mass is 32.2. The molecule has 0 aliphatic carbocycles. The van der Waals surface area contributed by atoms with Gasteiger partial charge in [0, 0.05) is 23.7 Å². The van der Waals surface area contributed by atoms with Gasteiger partial charge in [-0.3, -0.25) is 0 Å². The molecule has 9 heteroatoms. The van der Waals surface area contributed by atoms with E-state index < -0.39 is 0 Å². The second-order valence-corrected chi connectivity index (χ2v) is 15.0. The molecule has 1 N–H and O–H groups in total. The lowest BCUT2D eigenvalue weighted by molar-refractivity contribution is 0.0673. The number of piperidine rings is 1. The van der Waals surface area contributed by atoms with Crippen molar-refractivity contribution in [3.8, 4) is 5.75 Å². The minimum atomic E-state index is 0.469. The number of hydrogen-bond donors (Lipinski definition) is 2. The highest BCUT2D eigenvalue weighted by Gasteiger charge is 2.08. The standard InChI is InChI=1S/C19H31NOS.C12H27NS.C7H17NO2S/c1-2-3-16-21-18-9-11-19(12-10-18)22-17-8-7-15-20-13-5-4-6-14-20;1-4-5-6-7-8-9-11-14-12-10-13(2)3;1-2-8-3-4-9-5-6-10-7-11/h9-12H,2-8,13-17H2,1H3;4-12H2,1-3H3;8,11H,2-7H2,1H3. The summed E-state index contributed by atoms with van der Waals surface area (Å²) in [6, 6.07) is 8.59. The first kappa shape index (κ1) is 46.9. The molecular formula is C38H75N3O3S3. The maximum atomic E-state index is 5.70. The molecule has 1 heterocycles. The number of thioether (sulfide) groups is 2. The Balaban J connectivity index is 0.000000732. The molecule has 6 nitrogen and oxygen atoms in total. The van der Waals surface area contributed by atoms with Gasteiger partial charge in [0.15, 0.2) is 0 Å². The lowest BCUT2D eigenvalue weighted by Gasteiger charge is -2.26. The molecule has 1 aliphatic heterocycles. The van der Waals surface area contributed by atoms with Crippen molar-refractivity contribution >= 4 is 36.2 Å². The summed E-state index contributed by atoms with van der Waals surface area (Å²) in [4.78, 5) is 6.26. The van der Waals surface area contributed by atoms with Gasteiger partial charge >= 0.3 is 0 Å². The molecule has 1 aliphatic rings. The van der Waals surface area contributed by atoms with Gasteiger partial charge in [-0.15, -0.1) is 11.8 Å². The molecule has 278 valence electrons. The van der Waals surface area contributed by atoms with Gasteiger partial charge in [-0.1, -0.05) is 65.7 Å². The Morgan fingerprint density at radius 1 is 0.745 bits per heavy atom. The van der Waals surface area contributed by atoms with E-state index in [-0.39, 0.29) is 0 Å². The third kappa shape index (κ3) is 35.5. The van der Waals surface area contributed by atoms with Crippen molar-refractivity contribution in [2.24, 2.45) is 0 Å². The van der Waals surface area contributed by atoms with E-state index in [1.807, 2.05) is 11.8 Å². The topological polar surface area (TPSA) is 46.2 Å². The van der Waals surface area contributed by atoms with Crippen molar-refractivity contribution in [1.82, 2.24) is 15.1 Å². The van der Waals surface area contributed by atoms with Gasteiger partial charge in [-0.25, -0.2) is 0 Å². The molecule has 0 bridgehead atoms. The van der Waals surface area contributed by atoms with Gasteiger partial charge in [0.1, 0.15) is 5.75 Å². The van der Waals surface area contributed by atoms with Crippen molar-refractivity contribution in [3.63, 3.8) is 0 Å². The number of thiol groups is 1. The molecule has 1 aromatic rings. The number of likely N-dealkylation sites (tertiary alicyclic amines) is 1. The van der Waals surface area contributed by atoms with Gasteiger partial charge < -0.3 is 29.3 Å². The molecular weight excluding hydrogens is 643 g/mol. The van der Waals surface area contributed by atoms with Crippen LogP contribution in [0.15, 0.2) is 29.2 Å². The lowest BCUT2D eigenvalue weighted by atomic mass is 10.1. The fourth-order valence-electron chi connectivity index (χ4n) is 4.72. The highest BCUT2D eigenvalue weighted by molar-refractivity contribution is 7.99. The summed E-state index contributed by atoms with van der Waals surface area (Å²) in [7, 11) is 4.29. The SMILES string of the molecule is CCCCCCCCSCCN(C)C.CCCCOc1ccc(SCCCCN2CCCCC2)cc1.CCNCCOCCOCS. The van der Waals surface area contributed by atoms with Crippen molar-refractivity contribution in [3.05, 3.63) is 24.3 Å². The van der Waals surface area contributed by atoms with E-state index in [1.165, 1.54) is 125 Å². The molecule has 0 saturated carbocycles. The summed E-state index contributed by atoms with van der Waals surface area (Å²) in [5, 5.41) is 3.16. The molecule has 0 spiro atoms. The number of likely N-dealkylation sites (N-methyl/N-ethyl adjacent to an activating group) is 1. The Kier molecular flexibility index (Phi) is 38.6. The van der Waals surface area contributed by atoms with Crippen LogP contribution in [0.5, 0.6) is 5.75 Å². The molecule has 0 radical (unpaired) electrons. The van der Waals surface area contributed by atoms with Crippen LogP contribution in [0.4, 0.5) is 0 Å². The number of rotatable bonds is 28. The molecule has 0 amide bonds. The zero-order valence-corrected chi connectivity index (χ0v) is 33.8. The lowest BCUT2D eigenvalue weighted by Crippen LogP contribution is -2.30. The van der Waals surface area contributed by atoms with Gasteiger partial charge in [-0.05, 0) is 115 Å². The number of benzene rings is 1. The first-order valence-corrected chi connectivity index (χ1v) is 21.6. The summed E-state index contributed by atoms with van der Waals surface area (Å²) >= 11 is 7.96. The Hall–Kier alpha value is -0.130. The van der Waals surface area contributed by atoms with E-state index >= 15 is 0 Å². The maximum absolute atomic E-state index is 5.70. The fraction of sp³-hybridized carbons (Fsp3) is 0.842. The third-order valence-corrected chi connectivity index (χ3v) is 9.97. The molecule has 47 heavy (non-hydrogen) atoms. The average Bonchev–Trinajstić information content (AvgIpc) is 3.09. The van der Waals surface area contributed by atoms with E-state index in [0.29, 0.717) is 19.2 Å². The Labute approximate surface area is 306 Å². The minimum absolute atomic E-state index is 0.469. The van der Waals surface area contributed by atoms with E-state index in [9.17, 15) is 0 Å². The quantitative estimate of drug-likeness (QED) is 0.0385. The van der Waals surface area contributed by atoms with E-state index in [4.69, 9.17) is 14.2 Å². The van der Waals surface area contributed by atoms with Crippen LogP contribution in [0.3, 0.4) is 0 Å². The Bertz CT molecular complexity index is 718. The average molecular weight is 718 g/mol. The molecule has 1 fully saturated rings. The largest absolute Gasteiger partial charge is 0.494 e. The van der Waals surface area contributed by atoms with Crippen LogP contribution in [-0.4, -0.2) is 113 Å². The summed E-state index contributed by atoms with van der Waals surface area (Å²) in [6.45, 7) is 16.5. The molecule has 2 rings (SSSR count). The Morgan fingerprint density at radius 3 is 2.11 bits per heavy atom. The van der Waals surface area contributed by atoms with E-state index in [2.05, 4.69) is 98.6 Å². The van der Waals surface area contributed by atoms with Gasteiger partial charge in [-0.2, -0.15) is 24.4 Å². The smallest absolute Gasteiger partial charge is 0.119 e. The second kappa shape index (κ2) is 38.7. The maximum Gasteiger partial charge on any atom is 0.119 e. The first-order chi connectivity index (χ1) is 23.1. The van der Waals surface area contributed by atoms with Crippen LogP contribution in [0.2, 0.25) is 0 Å². The summed E-state index contributed by atoms with van der Waals surface area (Å²) in [5.41, 5.74) is 0. The number of hydrogen-bond acceptors (Lipinski definition) is 9. The van der Waals surface area contributed by atoms with Crippen LogP contribution < -0.4 is 10.1 Å². The summed E-state index contributed by atoms with van der Waals surface area (Å²) < 4.78 is 15.9. The zero-order chi connectivity index (χ0) is 34.5. The monoisotopic (exact) mass is 717 g/mol. The molecule has 0 unspecified atom stereocenters. The number of nitrogens with one attached hydrogen (secondary N) is 1. The van der Waals surface area contributed by atoms with E-state index in [0.717, 1.165) is 38.5 Å². The predicted octanol–water partition coefficient (Wildman–Crippen LogP) is 9.38. The van der Waals surface area contributed by atoms with Gasteiger partial charge in [0.2, 0.25) is 0 Å². The van der Waals surface area contributed by atoms with Crippen molar-refractivity contribution in [2.45, 2.75) is 109 Å². The van der Waals surface area contributed by atoms with Crippen LogP contribution in [0.25, 0.3) is 0 Å². The number of ether oxygens (including phenoxy) is 3. The van der Waals surface area contributed by atoms with Crippen LogP contribution >= 0.6 is 36.2 Å². The second-order valence-electron chi connectivity index (χ2n) is 12.3. The Morgan fingerprint density at radius 2 is 1.43 bits per heavy atom. The number of nitrogens with zero attached hydrogens (tertiary/aromatic N) is 2. The molecule has 1 saturated heterocycles. The first-order valence-electron chi connectivity index (χ1n) is 18.8. The number of unbranched alkanes of at least 4 members (excludes halogenated alkanes) is 7. The van der Waals surface area contributed by atoms with Crippen LogP contribution in [0, 0.1) is 0 Å². The van der Waals surface area contributed by atoms with Crippen molar-refractivity contribution < 1.29 is 14.2 Å². The molecule has 0 aromatic heterocycles. The summed E-state index contributed by atoms with van der Waals surface area (Å²) in [5.74, 6) is 5.35. The molecule has 1 aromatic carbocycles. The minimum Gasteiger partial charge on any atom is -0.494 e. The summed E-state index contributed by atoms with van der Waals surface area (Å²) in [6.07, 6.45) is 17.7. The van der Waals surface area contributed by atoms with Gasteiger partial charge in [0.05, 0.1) is 32.4 Å². The fourth-order valence-corrected chi connectivity index (χ4v) is 6.86. The third-order valence-electron chi connectivity index (χ3n) is 7.64. The van der Waals surface area contributed by atoms with Crippen molar-refractivity contribution in [2.75, 3.05) is 103 Å². The van der Waals surface area contributed by atoms with Crippen LogP contribution in [-0.2, 0) is 9.47 Å². The zero-order valence-electron chi connectivity index (χ0n) is 31.3. The van der Waals surface area contributed by atoms with E-state index in [1.54, 1.807) is 0 Å². The van der Waals surface area contributed by atoms with Crippen LogP contribution in [0.1, 0.15) is 104 Å². The van der Waals surface area contributed by atoms with Gasteiger partial charge in [0.25, 0.3) is 0 Å². The normalized spacial score (nSPS) is 13.2. The highest BCUT2D eigenvalue weighted by Crippen LogP contribution is 2.23.